The van der Waals surface area contributed by atoms with Gasteiger partial charge < -0.3 is 10.0 Å². The van der Waals surface area contributed by atoms with E-state index in [-0.39, 0.29) is 12.3 Å². The second kappa shape index (κ2) is 5.25. The minimum Gasteiger partial charge on any atom is -0.391 e. The maximum atomic E-state index is 12.0. The summed E-state index contributed by atoms with van der Waals surface area (Å²) in [7, 11) is 0. The van der Waals surface area contributed by atoms with Gasteiger partial charge >= 0.3 is 0 Å². The van der Waals surface area contributed by atoms with Crippen LogP contribution in [0, 0.1) is 0 Å². The molecule has 0 saturated carbocycles. The molecule has 0 unspecified atom stereocenters. The highest BCUT2D eigenvalue weighted by Crippen LogP contribution is 2.25. The van der Waals surface area contributed by atoms with Gasteiger partial charge in [0.25, 0.3) is 0 Å². The summed E-state index contributed by atoms with van der Waals surface area (Å²) >= 11 is 12.0. The molecule has 1 fully saturated rings. The highest BCUT2D eigenvalue weighted by atomic mass is 35.5. The average Bonchev–Trinajstić information content (AvgIpc) is 2.70. The van der Waals surface area contributed by atoms with E-state index in [4.69, 9.17) is 23.2 Å². The number of aliphatic hydroxyl groups excluding tert-OH is 1. The molecule has 5 heteroatoms. The number of hydrogen-bond donors (Lipinski definition) is 1. The number of β-amino-alcohol motifs (C(OH)–C–C–N with tert-alkyl or cyclic N) is 1. The van der Waals surface area contributed by atoms with E-state index in [1.165, 1.54) is 0 Å². The number of aliphatic hydroxyl groups is 1. The maximum Gasteiger partial charge on any atom is 0.227 e. The average molecular weight is 274 g/mol. The zero-order chi connectivity index (χ0) is 12.4. The van der Waals surface area contributed by atoms with Gasteiger partial charge in [0.05, 0.1) is 12.5 Å². The van der Waals surface area contributed by atoms with Crippen molar-refractivity contribution in [1.82, 2.24) is 4.90 Å². The molecular weight excluding hydrogens is 261 g/mol. The first kappa shape index (κ1) is 12.7. The van der Waals surface area contributed by atoms with Crippen molar-refractivity contribution < 1.29 is 9.90 Å². The van der Waals surface area contributed by atoms with Crippen molar-refractivity contribution in [2.24, 2.45) is 0 Å². The van der Waals surface area contributed by atoms with Crippen molar-refractivity contribution in [3.63, 3.8) is 0 Å². The Labute approximate surface area is 110 Å². The van der Waals surface area contributed by atoms with Crippen LogP contribution in [0.15, 0.2) is 18.2 Å². The Kier molecular flexibility index (Phi) is 3.92. The summed E-state index contributed by atoms with van der Waals surface area (Å²) in [5.74, 6) is -0.0449. The Bertz CT molecular complexity index is 416. The minimum atomic E-state index is -0.402. The number of rotatable bonds is 2. The predicted molar refractivity (Wildman–Crippen MR) is 67.4 cm³/mol. The van der Waals surface area contributed by atoms with Crippen LogP contribution in [0.1, 0.15) is 12.0 Å². The van der Waals surface area contributed by atoms with Gasteiger partial charge in [-0.1, -0.05) is 29.3 Å². The smallest absolute Gasteiger partial charge is 0.227 e. The van der Waals surface area contributed by atoms with Crippen molar-refractivity contribution in [3.8, 4) is 0 Å². The molecule has 0 bridgehead atoms. The molecule has 0 radical (unpaired) electrons. The number of amides is 1. The Hall–Kier alpha value is -0.770. The van der Waals surface area contributed by atoms with Crippen LogP contribution in [-0.2, 0) is 11.2 Å². The molecule has 1 aliphatic rings. The van der Waals surface area contributed by atoms with E-state index in [0.717, 1.165) is 0 Å². The fourth-order valence-electron chi connectivity index (χ4n) is 1.93. The third-order valence-corrected chi connectivity index (χ3v) is 3.61. The van der Waals surface area contributed by atoms with E-state index < -0.39 is 6.10 Å². The van der Waals surface area contributed by atoms with Crippen LogP contribution in [0.4, 0.5) is 0 Å². The van der Waals surface area contributed by atoms with Crippen LogP contribution in [0.25, 0.3) is 0 Å². The molecule has 1 amide bonds. The molecule has 0 spiro atoms. The molecule has 1 saturated heterocycles. The van der Waals surface area contributed by atoms with E-state index in [0.29, 0.717) is 35.1 Å². The number of carbonyl (C=O) groups excluding carboxylic acids is 1. The van der Waals surface area contributed by atoms with Crippen LogP contribution in [0.2, 0.25) is 10.0 Å². The van der Waals surface area contributed by atoms with Gasteiger partial charge in [0.2, 0.25) is 5.91 Å². The SMILES string of the molecule is O=C(Cc1c(Cl)cccc1Cl)N1CC[C@@H](O)C1. The largest absolute Gasteiger partial charge is 0.391 e. The summed E-state index contributed by atoms with van der Waals surface area (Å²) < 4.78 is 0. The second-order valence-electron chi connectivity index (χ2n) is 4.16. The summed E-state index contributed by atoms with van der Waals surface area (Å²) in [6, 6.07) is 5.18. The Morgan fingerprint density at radius 3 is 2.59 bits per heavy atom. The first-order chi connectivity index (χ1) is 8.08. The van der Waals surface area contributed by atoms with Gasteiger partial charge in [0, 0.05) is 23.1 Å². The molecule has 0 aliphatic carbocycles. The minimum absolute atomic E-state index is 0.0449. The quantitative estimate of drug-likeness (QED) is 0.897. The molecule has 17 heavy (non-hydrogen) atoms. The third-order valence-electron chi connectivity index (χ3n) is 2.91. The Morgan fingerprint density at radius 1 is 1.41 bits per heavy atom. The van der Waals surface area contributed by atoms with Crippen LogP contribution in [0.5, 0.6) is 0 Å². The van der Waals surface area contributed by atoms with Gasteiger partial charge in [-0.3, -0.25) is 4.79 Å². The topological polar surface area (TPSA) is 40.5 Å². The molecule has 2 rings (SSSR count). The molecule has 1 aliphatic heterocycles. The molecule has 1 aromatic rings. The number of halogens is 2. The first-order valence-corrected chi connectivity index (χ1v) is 6.22. The van der Waals surface area contributed by atoms with Gasteiger partial charge in [-0.15, -0.1) is 0 Å². The van der Waals surface area contributed by atoms with Crippen LogP contribution < -0.4 is 0 Å². The number of likely N-dealkylation sites (tertiary alicyclic amines) is 1. The van der Waals surface area contributed by atoms with E-state index in [9.17, 15) is 9.90 Å². The molecule has 1 heterocycles. The predicted octanol–water partition coefficient (Wildman–Crippen LogP) is 2.13. The lowest BCUT2D eigenvalue weighted by Gasteiger charge is -2.16. The lowest BCUT2D eigenvalue weighted by atomic mass is 10.1. The van der Waals surface area contributed by atoms with E-state index in [1.807, 2.05) is 0 Å². The van der Waals surface area contributed by atoms with Crippen molar-refractivity contribution in [2.45, 2.75) is 18.9 Å². The van der Waals surface area contributed by atoms with E-state index >= 15 is 0 Å². The van der Waals surface area contributed by atoms with Crippen molar-refractivity contribution >= 4 is 29.1 Å². The standard InChI is InChI=1S/C12H13Cl2NO2/c13-10-2-1-3-11(14)9(10)6-12(17)15-5-4-8(16)7-15/h1-3,8,16H,4-7H2/t8-/m1/s1. The van der Waals surface area contributed by atoms with Crippen molar-refractivity contribution in [3.05, 3.63) is 33.8 Å². The van der Waals surface area contributed by atoms with Crippen LogP contribution >= 0.6 is 23.2 Å². The van der Waals surface area contributed by atoms with Crippen LogP contribution in [0.3, 0.4) is 0 Å². The number of benzene rings is 1. The van der Waals surface area contributed by atoms with E-state index in [2.05, 4.69) is 0 Å². The summed E-state index contributed by atoms with van der Waals surface area (Å²) in [4.78, 5) is 13.6. The second-order valence-corrected chi connectivity index (χ2v) is 4.97. The molecule has 1 N–H and O–H groups in total. The highest BCUT2D eigenvalue weighted by Gasteiger charge is 2.25. The van der Waals surface area contributed by atoms with Gasteiger partial charge in [-0.2, -0.15) is 0 Å². The molecular formula is C12H13Cl2NO2. The number of hydrogen-bond acceptors (Lipinski definition) is 2. The zero-order valence-electron chi connectivity index (χ0n) is 9.20. The molecule has 1 aromatic carbocycles. The fraction of sp³-hybridized carbons (Fsp3) is 0.417. The van der Waals surface area contributed by atoms with Gasteiger partial charge in [-0.25, -0.2) is 0 Å². The highest BCUT2D eigenvalue weighted by molar-refractivity contribution is 6.36. The van der Waals surface area contributed by atoms with Gasteiger partial charge in [-0.05, 0) is 24.1 Å². The molecule has 3 nitrogen and oxygen atoms in total. The molecule has 0 aromatic heterocycles. The summed E-state index contributed by atoms with van der Waals surface area (Å²) in [5, 5.41) is 10.4. The van der Waals surface area contributed by atoms with Gasteiger partial charge in [0.1, 0.15) is 0 Å². The lowest BCUT2D eigenvalue weighted by Crippen LogP contribution is -2.31. The normalized spacial score (nSPS) is 19.7. The van der Waals surface area contributed by atoms with Crippen molar-refractivity contribution in [2.75, 3.05) is 13.1 Å². The van der Waals surface area contributed by atoms with Gasteiger partial charge in [0.15, 0.2) is 0 Å². The Morgan fingerprint density at radius 2 is 2.06 bits per heavy atom. The Balaban J connectivity index is 2.08. The monoisotopic (exact) mass is 273 g/mol. The van der Waals surface area contributed by atoms with Crippen molar-refractivity contribution in [1.29, 1.82) is 0 Å². The molecule has 1 atom stereocenters. The number of carbonyl (C=O) groups is 1. The number of nitrogens with zero attached hydrogens (tertiary/aromatic N) is 1. The summed E-state index contributed by atoms with van der Waals surface area (Å²) in [5.41, 5.74) is 0.655. The zero-order valence-corrected chi connectivity index (χ0v) is 10.7. The fourth-order valence-corrected chi connectivity index (χ4v) is 2.46. The molecule has 92 valence electrons. The third kappa shape index (κ3) is 2.92. The maximum absolute atomic E-state index is 12.0. The van der Waals surface area contributed by atoms with Crippen LogP contribution in [-0.4, -0.2) is 35.1 Å². The first-order valence-electron chi connectivity index (χ1n) is 5.46. The van der Waals surface area contributed by atoms with E-state index in [1.54, 1.807) is 23.1 Å². The summed E-state index contributed by atoms with van der Waals surface area (Å²) in [6.45, 7) is 1.00. The lowest BCUT2D eigenvalue weighted by molar-refractivity contribution is -0.129. The summed E-state index contributed by atoms with van der Waals surface area (Å²) in [6.07, 6.45) is 0.424.